The molecule has 0 aliphatic carbocycles. The molecule has 0 bridgehead atoms. The van der Waals surface area contributed by atoms with Crippen molar-refractivity contribution in [2.45, 2.75) is 6.92 Å². The Balaban J connectivity index is 2.04. The highest BCUT2D eigenvalue weighted by Gasteiger charge is 2.15. The quantitative estimate of drug-likeness (QED) is 0.775. The van der Waals surface area contributed by atoms with Crippen molar-refractivity contribution in [1.82, 2.24) is 9.97 Å². The monoisotopic (exact) mass is 306 g/mol. The van der Waals surface area contributed by atoms with Crippen molar-refractivity contribution in [1.29, 1.82) is 0 Å². The molecule has 0 saturated heterocycles. The normalized spacial score (nSPS) is 10.5. The molecule has 2 aromatic heterocycles. The van der Waals surface area contributed by atoms with Gasteiger partial charge in [-0.1, -0.05) is 18.2 Å². The van der Waals surface area contributed by atoms with Crippen molar-refractivity contribution >= 4 is 28.4 Å². The molecule has 0 atom stereocenters. The Hall–Kier alpha value is -3.28. The van der Waals surface area contributed by atoms with Crippen LogP contribution in [0.15, 0.2) is 48.7 Å². The number of nitrogens with one attached hydrogen (secondary N) is 1. The number of carbonyl (C=O) groups is 2. The van der Waals surface area contributed by atoms with Crippen molar-refractivity contribution in [3.63, 3.8) is 0 Å². The Morgan fingerprint density at radius 2 is 1.91 bits per heavy atom. The smallest absolute Gasteiger partial charge is 0.269 e. The number of amides is 2. The number of hydrogen-bond acceptors (Lipinski definition) is 4. The summed E-state index contributed by atoms with van der Waals surface area (Å²) >= 11 is 0. The van der Waals surface area contributed by atoms with Crippen LogP contribution in [0.3, 0.4) is 0 Å². The summed E-state index contributed by atoms with van der Waals surface area (Å²) in [6.45, 7) is 1.82. The van der Waals surface area contributed by atoms with Gasteiger partial charge in [0, 0.05) is 17.3 Å². The van der Waals surface area contributed by atoms with Gasteiger partial charge in [0.05, 0.1) is 16.8 Å². The van der Waals surface area contributed by atoms with E-state index >= 15 is 0 Å². The zero-order valence-electron chi connectivity index (χ0n) is 12.4. The van der Waals surface area contributed by atoms with Crippen LogP contribution in [0.4, 0.5) is 5.69 Å². The molecule has 2 heterocycles. The SMILES string of the molecule is Cc1cc(C(=O)Nc2cccnc2C(N)=O)c2ccccc2n1. The van der Waals surface area contributed by atoms with Crippen molar-refractivity contribution in [3.05, 3.63) is 65.6 Å². The minimum absolute atomic E-state index is 0.0240. The first kappa shape index (κ1) is 14.6. The zero-order chi connectivity index (χ0) is 16.4. The van der Waals surface area contributed by atoms with Gasteiger partial charge in [0.25, 0.3) is 11.8 Å². The second-order valence-corrected chi connectivity index (χ2v) is 5.05. The van der Waals surface area contributed by atoms with Crippen LogP contribution in [0.25, 0.3) is 10.9 Å². The van der Waals surface area contributed by atoms with E-state index in [1.165, 1.54) is 6.20 Å². The molecule has 6 heteroatoms. The van der Waals surface area contributed by atoms with Crippen LogP contribution in [0.5, 0.6) is 0 Å². The van der Waals surface area contributed by atoms with E-state index in [4.69, 9.17) is 5.73 Å². The number of aryl methyl sites for hydroxylation is 1. The number of pyridine rings is 2. The molecular formula is C17H14N4O2. The third kappa shape index (κ3) is 2.87. The molecule has 23 heavy (non-hydrogen) atoms. The number of hydrogen-bond donors (Lipinski definition) is 2. The molecule has 0 aliphatic heterocycles. The van der Waals surface area contributed by atoms with Crippen LogP contribution in [-0.2, 0) is 0 Å². The van der Waals surface area contributed by atoms with Crippen LogP contribution in [0.2, 0.25) is 0 Å². The summed E-state index contributed by atoms with van der Waals surface area (Å²) < 4.78 is 0. The third-order valence-corrected chi connectivity index (χ3v) is 3.38. The summed E-state index contributed by atoms with van der Waals surface area (Å²) in [6.07, 6.45) is 1.45. The van der Waals surface area contributed by atoms with E-state index in [0.29, 0.717) is 5.56 Å². The molecule has 3 N–H and O–H groups in total. The third-order valence-electron chi connectivity index (χ3n) is 3.38. The molecule has 1 aromatic carbocycles. The molecular weight excluding hydrogens is 292 g/mol. The Morgan fingerprint density at radius 3 is 2.70 bits per heavy atom. The Morgan fingerprint density at radius 1 is 1.13 bits per heavy atom. The molecule has 0 radical (unpaired) electrons. The molecule has 6 nitrogen and oxygen atoms in total. The lowest BCUT2D eigenvalue weighted by molar-refractivity contribution is 0.0996. The highest BCUT2D eigenvalue weighted by Crippen LogP contribution is 2.20. The van der Waals surface area contributed by atoms with E-state index in [9.17, 15) is 9.59 Å². The lowest BCUT2D eigenvalue weighted by atomic mass is 10.1. The van der Waals surface area contributed by atoms with Crippen LogP contribution < -0.4 is 11.1 Å². The number of para-hydroxylation sites is 1. The van der Waals surface area contributed by atoms with Gasteiger partial charge in [-0.3, -0.25) is 14.6 Å². The number of anilines is 1. The van der Waals surface area contributed by atoms with E-state index in [1.54, 1.807) is 18.2 Å². The van der Waals surface area contributed by atoms with Gasteiger partial charge in [0.2, 0.25) is 0 Å². The van der Waals surface area contributed by atoms with Crippen LogP contribution in [-0.4, -0.2) is 21.8 Å². The number of fused-ring (bicyclic) bond motifs is 1. The first-order valence-corrected chi connectivity index (χ1v) is 6.99. The summed E-state index contributed by atoms with van der Waals surface area (Å²) in [5.41, 5.74) is 7.53. The number of nitrogens with two attached hydrogens (primary N) is 1. The average molecular weight is 306 g/mol. The molecule has 0 spiro atoms. The molecule has 3 rings (SSSR count). The van der Waals surface area contributed by atoms with Crippen molar-refractivity contribution in [3.8, 4) is 0 Å². The minimum atomic E-state index is -0.698. The highest BCUT2D eigenvalue weighted by molar-refractivity contribution is 6.14. The molecule has 114 valence electrons. The largest absolute Gasteiger partial charge is 0.364 e. The summed E-state index contributed by atoms with van der Waals surface area (Å²) in [5, 5.41) is 3.43. The van der Waals surface area contributed by atoms with Gasteiger partial charge in [-0.2, -0.15) is 0 Å². The predicted octanol–water partition coefficient (Wildman–Crippen LogP) is 2.29. The number of aromatic nitrogens is 2. The average Bonchev–Trinajstić information content (AvgIpc) is 2.54. The number of benzene rings is 1. The van der Waals surface area contributed by atoms with Crippen LogP contribution in [0, 0.1) is 6.92 Å². The number of nitrogens with zero attached hydrogens (tertiary/aromatic N) is 2. The molecule has 0 saturated carbocycles. The maximum atomic E-state index is 12.6. The van der Waals surface area contributed by atoms with Gasteiger partial charge in [-0.15, -0.1) is 0 Å². The van der Waals surface area contributed by atoms with E-state index in [-0.39, 0.29) is 17.3 Å². The summed E-state index contributed by atoms with van der Waals surface area (Å²) in [6, 6.07) is 12.3. The topological polar surface area (TPSA) is 98.0 Å². The molecule has 2 amide bonds. The summed E-state index contributed by atoms with van der Waals surface area (Å²) in [4.78, 5) is 32.3. The van der Waals surface area contributed by atoms with E-state index in [2.05, 4.69) is 15.3 Å². The fourth-order valence-electron chi connectivity index (χ4n) is 2.39. The standard InChI is InChI=1S/C17H14N4O2/c1-10-9-12(11-5-2-3-6-13(11)20-10)17(23)21-14-7-4-8-19-15(14)16(18)22/h2-9H,1H3,(H2,18,22)(H,21,23). The maximum Gasteiger partial charge on any atom is 0.269 e. The first-order chi connectivity index (χ1) is 11.1. The van der Waals surface area contributed by atoms with Gasteiger partial charge >= 0.3 is 0 Å². The van der Waals surface area contributed by atoms with Gasteiger partial charge < -0.3 is 11.1 Å². The Bertz CT molecular complexity index is 921. The minimum Gasteiger partial charge on any atom is -0.364 e. The van der Waals surface area contributed by atoms with Crippen LogP contribution in [0.1, 0.15) is 26.5 Å². The fourth-order valence-corrected chi connectivity index (χ4v) is 2.39. The maximum absolute atomic E-state index is 12.6. The Kier molecular flexibility index (Phi) is 3.72. The summed E-state index contributed by atoms with van der Waals surface area (Å²) in [7, 11) is 0. The van der Waals surface area contributed by atoms with Gasteiger partial charge in [0.1, 0.15) is 0 Å². The molecule has 0 unspecified atom stereocenters. The zero-order valence-corrected chi connectivity index (χ0v) is 12.4. The van der Waals surface area contributed by atoms with Gasteiger partial charge in [0.15, 0.2) is 5.69 Å². The lowest BCUT2D eigenvalue weighted by Crippen LogP contribution is -2.20. The lowest BCUT2D eigenvalue weighted by Gasteiger charge is -2.10. The molecule has 0 aliphatic rings. The fraction of sp³-hybridized carbons (Fsp3) is 0.0588. The van der Waals surface area contributed by atoms with Gasteiger partial charge in [-0.05, 0) is 31.2 Å². The van der Waals surface area contributed by atoms with E-state index in [1.807, 2.05) is 31.2 Å². The van der Waals surface area contributed by atoms with Crippen molar-refractivity contribution in [2.75, 3.05) is 5.32 Å². The van der Waals surface area contributed by atoms with E-state index < -0.39 is 5.91 Å². The van der Waals surface area contributed by atoms with Gasteiger partial charge in [-0.25, -0.2) is 4.98 Å². The molecule has 0 fully saturated rings. The Labute approximate surface area is 132 Å². The number of rotatable bonds is 3. The molecule has 3 aromatic rings. The number of primary amides is 1. The second kappa shape index (κ2) is 5.84. The summed E-state index contributed by atoms with van der Waals surface area (Å²) in [5.74, 6) is -1.04. The first-order valence-electron chi connectivity index (χ1n) is 6.99. The van der Waals surface area contributed by atoms with E-state index in [0.717, 1.165) is 16.6 Å². The van der Waals surface area contributed by atoms with Crippen LogP contribution >= 0.6 is 0 Å². The van der Waals surface area contributed by atoms with Crippen molar-refractivity contribution in [2.24, 2.45) is 5.73 Å². The highest BCUT2D eigenvalue weighted by atomic mass is 16.2. The van der Waals surface area contributed by atoms with Crippen molar-refractivity contribution < 1.29 is 9.59 Å². The second-order valence-electron chi connectivity index (χ2n) is 5.05. The number of carbonyl (C=O) groups excluding carboxylic acids is 2. The predicted molar refractivity (Wildman–Crippen MR) is 87.2 cm³/mol.